The molecule has 0 aliphatic carbocycles. The van der Waals surface area contributed by atoms with Gasteiger partial charge in [-0.05, 0) is 34.1 Å². The lowest BCUT2D eigenvalue weighted by Crippen LogP contribution is -2.60. The minimum Gasteiger partial charge on any atom is -0.387 e. The molecule has 0 bridgehead atoms. The van der Waals surface area contributed by atoms with Gasteiger partial charge in [0.15, 0.2) is 12.2 Å². The predicted molar refractivity (Wildman–Crippen MR) is 184 cm³/mol. The molecule has 0 radical (unpaired) electrons. The van der Waals surface area contributed by atoms with E-state index in [1.165, 1.54) is 14.1 Å². The molecule has 2 rings (SSSR count). The van der Waals surface area contributed by atoms with Crippen molar-refractivity contribution in [1.29, 1.82) is 0 Å². The average Bonchev–Trinajstić information content (AvgIpc) is 3.08. The molecule has 0 heterocycles. The first-order valence-corrected chi connectivity index (χ1v) is 15.8. The third-order valence-electron chi connectivity index (χ3n) is 7.86. The van der Waals surface area contributed by atoms with Crippen LogP contribution in [0.2, 0.25) is 0 Å². The maximum atomic E-state index is 13.7. The van der Waals surface area contributed by atoms with E-state index in [2.05, 4.69) is 34.4 Å². The molecule has 48 heavy (non-hydrogen) atoms. The predicted octanol–water partition coefficient (Wildman–Crippen LogP) is 1.94. The summed E-state index contributed by atoms with van der Waals surface area (Å²) in [6, 6.07) is 12.2. The van der Waals surface area contributed by atoms with Crippen LogP contribution < -0.4 is 21.3 Å². The highest BCUT2D eigenvalue weighted by Crippen LogP contribution is 2.20. The van der Waals surface area contributed by atoms with Gasteiger partial charge in [-0.3, -0.25) is 19.2 Å². The minimum absolute atomic E-state index is 0.188. The fourth-order valence-corrected chi connectivity index (χ4v) is 4.96. The van der Waals surface area contributed by atoms with Crippen molar-refractivity contribution >= 4 is 35.8 Å². The highest BCUT2D eigenvalue weighted by atomic mass is 16.5. The summed E-state index contributed by atoms with van der Waals surface area (Å²) in [5.74, 6) is -3.44. The Morgan fingerprint density at radius 3 is 1.27 bits per heavy atom. The van der Waals surface area contributed by atoms with Crippen LogP contribution in [0.4, 0.5) is 0 Å². The van der Waals surface area contributed by atoms with E-state index in [1.807, 2.05) is 0 Å². The number of aliphatic hydroxyl groups is 2. The van der Waals surface area contributed by atoms with E-state index in [0.717, 1.165) is 0 Å². The van der Waals surface area contributed by atoms with Crippen LogP contribution in [0.25, 0.3) is 12.2 Å². The number of benzene rings is 2. The maximum Gasteiger partial charge on any atom is 0.252 e. The highest BCUT2D eigenvalue weighted by Gasteiger charge is 2.43. The Labute approximate surface area is 283 Å². The number of hydrogen-bond acceptors (Lipinski definition) is 8. The molecule has 2 aromatic carbocycles. The Bertz CT molecular complexity index is 1310. The molecule has 0 spiro atoms. The monoisotopic (exact) mass is 666 g/mol. The second kappa shape index (κ2) is 19.5. The van der Waals surface area contributed by atoms with Crippen LogP contribution in [0.3, 0.4) is 0 Å². The van der Waals surface area contributed by atoms with E-state index in [1.54, 1.807) is 88.4 Å². The number of hydrogen-bond donors (Lipinski definition) is 6. The van der Waals surface area contributed by atoms with Crippen molar-refractivity contribution in [1.82, 2.24) is 21.3 Å². The number of nitrogens with one attached hydrogen (secondary N) is 4. The summed E-state index contributed by atoms with van der Waals surface area (Å²) in [4.78, 5) is 52.6. The van der Waals surface area contributed by atoms with Gasteiger partial charge in [-0.2, -0.15) is 0 Å². The van der Waals surface area contributed by atoms with Gasteiger partial charge in [0.2, 0.25) is 11.8 Å². The molecule has 12 nitrogen and oxygen atoms in total. The summed E-state index contributed by atoms with van der Waals surface area (Å²) >= 11 is 0. The first kappa shape index (κ1) is 39.8. The second-order valence-corrected chi connectivity index (χ2v) is 11.9. The molecule has 0 aliphatic heterocycles. The Hall–Kier alpha value is -4.36. The standard InChI is InChI=1S/C36H50N4O8/c1-9-23-15-11-13-17-25(23)19-47-31(35(45)39-27(21(3)4)33(43)37-7)29(41)30(42)32(36(46)40-28(22(5)6)34(44)38-8)48-20-26-18-14-12-16-24(26)10-2/h9-18,21-22,27-32,41-42H,1-2,19-20H2,3-8H3,(H,37,43)(H,38,44)(H,39,45)(H,40,46)/t27-,28-,29+,30+,31+,32+/m0/s1. The first-order valence-electron chi connectivity index (χ1n) is 15.8. The van der Waals surface area contributed by atoms with E-state index in [4.69, 9.17) is 9.47 Å². The van der Waals surface area contributed by atoms with Crippen molar-refractivity contribution in [3.05, 3.63) is 83.9 Å². The summed E-state index contributed by atoms with van der Waals surface area (Å²) in [7, 11) is 2.86. The normalized spacial score (nSPS) is 15.0. The van der Waals surface area contributed by atoms with E-state index in [0.29, 0.717) is 22.3 Å². The molecule has 0 fully saturated rings. The molecule has 0 unspecified atom stereocenters. The smallest absolute Gasteiger partial charge is 0.252 e. The van der Waals surface area contributed by atoms with Crippen molar-refractivity contribution in [3.8, 4) is 0 Å². The molecule has 262 valence electrons. The molecular formula is C36H50N4O8. The van der Waals surface area contributed by atoms with Gasteiger partial charge < -0.3 is 41.0 Å². The number of carbonyl (C=O) groups is 4. The summed E-state index contributed by atoms with van der Waals surface area (Å²) in [6.07, 6.45) is -4.42. The second-order valence-electron chi connectivity index (χ2n) is 11.9. The Morgan fingerprint density at radius 1 is 0.646 bits per heavy atom. The van der Waals surface area contributed by atoms with E-state index in [-0.39, 0.29) is 25.0 Å². The maximum absolute atomic E-state index is 13.7. The van der Waals surface area contributed by atoms with Gasteiger partial charge in [-0.25, -0.2) is 0 Å². The van der Waals surface area contributed by atoms with Crippen LogP contribution in [0, 0.1) is 11.8 Å². The topological polar surface area (TPSA) is 175 Å². The highest BCUT2D eigenvalue weighted by molar-refractivity contribution is 5.91. The van der Waals surface area contributed by atoms with Crippen LogP contribution in [0.5, 0.6) is 0 Å². The number of carbonyl (C=O) groups excluding carboxylic acids is 4. The van der Waals surface area contributed by atoms with Gasteiger partial charge >= 0.3 is 0 Å². The summed E-state index contributed by atoms with van der Waals surface area (Å²) in [5, 5.41) is 33.4. The van der Waals surface area contributed by atoms with Crippen molar-refractivity contribution in [3.63, 3.8) is 0 Å². The summed E-state index contributed by atoms with van der Waals surface area (Å²) < 4.78 is 11.9. The van der Waals surface area contributed by atoms with Crippen LogP contribution in [-0.4, -0.2) is 84.4 Å². The number of amides is 4. The molecule has 12 heteroatoms. The average molecular weight is 667 g/mol. The van der Waals surface area contributed by atoms with Crippen molar-refractivity contribution in [2.75, 3.05) is 14.1 Å². The zero-order valence-electron chi connectivity index (χ0n) is 28.6. The van der Waals surface area contributed by atoms with Gasteiger partial charge in [0.05, 0.1) is 13.2 Å². The number of rotatable bonds is 19. The van der Waals surface area contributed by atoms with Gasteiger partial charge in [-0.1, -0.05) is 102 Å². The Kier molecular flexibility index (Phi) is 16.1. The molecular weight excluding hydrogens is 616 g/mol. The molecule has 0 aromatic heterocycles. The lowest BCUT2D eigenvalue weighted by Gasteiger charge is -2.33. The molecule has 6 N–H and O–H groups in total. The SMILES string of the molecule is C=Cc1ccccc1CO[C@@H](C(=O)N[C@H](C(=O)NC)C(C)C)[C@H](O)[C@@H](O)[C@@H](OCc1ccccc1C=C)C(=O)N[C@H](C(=O)NC)C(C)C. The fraction of sp³-hybridized carbons (Fsp3) is 0.444. The van der Waals surface area contributed by atoms with Gasteiger partial charge in [0, 0.05) is 14.1 Å². The molecule has 0 aliphatic rings. The Balaban J connectivity index is 2.53. The van der Waals surface area contributed by atoms with Crippen LogP contribution >= 0.6 is 0 Å². The third-order valence-corrected chi connectivity index (χ3v) is 7.86. The van der Waals surface area contributed by atoms with Gasteiger partial charge in [0.25, 0.3) is 11.8 Å². The minimum atomic E-state index is -2.04. The van der Waals surface area contributed by atoms with Crippen LogP contribution in [0.1, 0.15) is 49.9 Å². The largest absolute Gasteiger partial charge is 0.387 e. The fourth-order valence-electron chi connectivity index (χ4n) is 4.96. The molecule has 6 atom stereocenters. The lowest BCUT2D eigenvalue weighted by atomic mass is 9.98. The number of ether oxygens (including phenoxy) is 2. The quantitative estimate of drug-likeness (QED) is 0.132. The lowest BCUT2D eigenvalue weighted by molar-refractivity contribution is -0.171. The Morgan fingerprint density at radius 2 is 0.979 bits per heavy atom. The van der Waals surface area contributed by atoms with Gasteiger partial charge in [0.1, 0.15) is 24.3 Å². The van der Waals surface area contributed by atoms with Crippen molar-refractivity contribution in [2.45, 2.75) is 77.4 Å². The van der Waals surface area contributed by atoms with Crippen LogP contribution in [0.15, 0.2) is 61.7 Å². The zero-order valence-corrected chi connectivity index (χ0v) is 28.6. The summed E-state index contributed by atoms with van der Waals surface area (Å²) in [5.41, 5.74) is 2.70. The third kappa shape index (κ3) is 10.8. The van der Waals surface area contributed by atoms with Crippen molar-refractivity contribution < 1.29 is 38.9 Å². The number of aliphatic hydroxyl groups excluding tert-OH is 2. The number of likely N-dealkylation sites (N-methyl/N-ethyl adjacent to an activating group) is 2. The van der Waals surface area contributed by atoms with Crippen molar-refractivity contribution in [2.24, 2.45) is 11.8 Å². The van der Waals surface area contributed by atoms with Gasteiger partial charge in [-0.15, -0.1) is 0 Å². The molecule has 2 aromatic rings. The first-order chi connectivity index (χ1) is 22.8. The zero-order chi connectivity index (χ0) is 36.0. The van der Waals surface area contributed by atoms with E-state index in [9.17, 15) is 29.4 Å². The van der Waals surface area contributed by atoms with E-state index >= 15 is 0 Å². The summed E-state index contributed by atoms with van der Waals surface area (Å²) in [6.45, 7) is 14.1. The van der Waals surface area contributed by atoms with Crippen LogP contribution in [-0.2, 0) is 41.9 Å². The molecule has 4 amide bonds. The molecule has 0 saturated carbocycles. The molecule has 0 saturated heterocycles. The van der Waals surface area contributed by atoms with E-state index < -0.39 is 60.1 Å².